The molecule has 10 heteroatoms. The normalized spacial score (nSPS) is 18.3. The van der Waals surface area contributed by atoms with Crippen molar-refractivity contribution in [1.29, 1.82) is 0 Å². The van der Waals surface area contributed by atoms with E-state index in [1.807, 2.05) is 0 Å². The van der Waals surface area contributed by atoms with Gasteiger partial charge < -0.3 is 10.6 Å². The third-order valence-corrected chi connectivity index (χ3v) is 7.14. The molecule has 2 unspecified atom stereocenters. The van der Waals surface area contributed by atoms with Gasteiger partial charge in [-0.2, -0.15) is 0 Å². The van der Waals surface area contributed by atoms with Crippen molar-refractivity contribution in [2.75, 3.05) is 10.6 Å². The quantitative estimate of drug-likeness (QED) is 0.312. The molecule has 4 rings (SSSR count). The number of halogens is 6. The van der Waals surface area contributed by atoms with Crippen LogP contribution in [0.15, 0.2) is 54.6 Å². The van der Waals surface area contributed by atoms with Gasteiger partial charge in [-0.3, -0.25) is 9.59 Å². The number of nitrogens with one attached hydrogen (secondary N) is 2. The predicted octanol–water partition coefficient (Wildman–Crippen LogP) is 7.87. The summed E-state index contributed by atoms with van der Waals surface area (Å²) in [5.74, 6) is -2.96. The number of anilines is 2. The van der Waals surface area contributed by atoms with Gasteiger partial charge in [-0.05, 0) is 66.6 Å². The van der Waals surface area contributed by atoms with Crippen molar-refractivity contribution in [2.45, 2.75) is 17.2 Å². The highest BCUT2D eigenvalue weighted by molar-refractivity contribution is 6.53. The van der Waals surface area contributed by atoms with Gasteiger partial charge in [0.2, 0.25) is 5.91 Å². The Morgan fingerprint density at radius 2 is 1.59 bits per heavy atom. The number of carbonyl (C=O) groups excluding carboxylic acids is 2. The van der Waals surface area contributed by atoms with Crippen LogP contribution in [0.4, 0.5) is 15.8 Å². The Morgan fingerprint density at radius 1 is 0.912 bits per heavy atom. The van der Waals surface area contributed by atoms with E-state index in [0.717, 1.165) is 0 Å². The van der Waals surface area contributed by atoms with Gasteiger partial charge in [0.15, 0.2) is 0 Å². The summed E-state index contributed by atoms with van der Waals surface area (Å²) in [7, 11) is 0. The molecule has 3 aromatic carbocycles. The van der Waals surface area contributed by atoms with Gasteiger partial charge in [-0.25, -0.2) is 4.39 Å². The molecule has 0 radical (unpaired) electrons. The third-order valence-electron chi connectivity index (χ3n) is 5.43. The van der Waals surface area contributed by atoms with Crippen molar-refractivity contribution < 1.29 is 14.0 Å². The first-order valence-corrected chi connectivity index (χ1v) is 11.9. The minimum Gasteiger partial charge on any atom is -0.326 e. The van der Waals surface area contributed by atoms with E-state index in [9.17, 15) is 14.0 Å². The molecular weight excluding hydrogens is 545 g/mol. The molecule has 176 valence electrons. The maximum absolute atomic E-state index is 14.1. The van der Waals surface area contributed by atoms with Gasteiger partial charge in [0, 0.05) is 21.7 Å². The summed E-state index contributed by atoms with van der Waals surface area (Å²) in [5, 5.41) is 6.12. The zero-order valence-corrected chi connectivity index (χ0v) is 21.2. The zero-order valence-electron chi connectivity index (χ0n) is 17.4. The van der Waals surface area contributed by atoms with Crippen LogP contribution in [0.2, 0.25) is 15.1 Å². The van der Waals surface area contributed by atoms with E-state index in [2.05, 4.69) is 10.6 Å². The predicted molar refractivity (Wildman–Crippen MR) is 136 cm³/mol. The first kappa shape index (κ1) is 25.1. The third kappa shape index (κ3) is 5.14. The summed E-state index contributed by atoms with van der Waals surface area (Å²) in [6, 6.07) is 13.7. The number of hydrogen-bond acceptors (Lipinski definition) is 2. The molecule has 2 N–H and O–H groups in total. The maximum Gasteiger partial charge on any atom is 0.257 e. The van der Waals surface area contributed by atoms with Crippen LogP contribution in [0.1, 0.15) is 27.4 Å². The van der Waals surface area contributed by atoms with Crippen molar-refractivity contribution in [3.8, 4) is 0 Å². The highest BCUT2D eigenvalue weighted by Crippen LogP contribution is 2.65. The van der Waals surface area contributed by atoms with Crippen LogP contribution in [-0.2, 0) is 4.79 Å². The standard InChI is InChI=1S/C24H16Cl5FN2O2/c1-11-2-5-19(18(30)6-11)32-22(33)16-10-15(3-4-17(16)27)31-23(34)21-20(24(21,28)29)12-7-13(25)9-14(26)8-12/h2-10,20-21H,1H3,(H,31,34)(H,32,33). The Labute approximate surface area is 220 Å². The van der Waals surface area contributed by atoms with Crippen molar-refractivity contribution in [3.63, 3.8) is 0 Å². The second-order valence-electron chi connectivity index (χ2n) is 7.95. The fourth-order valence-corrected chi connectivity index (χ4v) is 5.31. The Morgan fingerprint density at radius 3 is 2.24 bits per heavy atom. The summed E-state index contributed by atoms with van der Waals surface area (Å²) in [6.07, 6.45) is 0. The number of hydrogen-bond donors (Lipinski definition) is 2. The summed E-state index contributed by atoms with van der Waals surface area (Å²) in [4.78, 5) is 25.7. The maximum atomic E-state index is 14.1. The summed E-state index contributed by atoms with van der Waals surface area (Å²) in [6.45, 7) is 1.74. The van der Waals surface area contributed by atoms with Gasteiger partial charge in [-0.15, -0.1) is 23.2 Å². The number of alkyl halides is 2. The summed E-state index contributed by atoms with van der Waals surface area (Å²) < 4.78 is 12.8. The minimum atomic E-state index is -1.35. The Kier molecular flexibility index (Phi) is 7.05. The second-order valence-corrected chi connectivity index (χ2v) is 10.7. The topological polar surface area (TPSA) is 58.2 Å². The van der Waals surface area contributed by atoms with Gasteiger partial charge in [0.1, 0.15) is 10.2 Å². The van der Waals surface area contributed by atoms with E-state index in [0.29, 0.717) is 26.9 Å². The monoisotopic (exact) mass is 558 g/mol. The molecular formula is C24H16Cl5FN2O2. The van der Waals surface area contributed by atoms with Gasteiger partial charge in [-0.1, -0.05) is 40.9 Å². The molecule has 2 amide bonds. The van der Waals surface area contributed by atoms with Crippen LogP contribution in [0.3, 0.4) is 0 Å². The van der Waals surface area contributed by atoms with Crippen LogP contribution >= 0.6 is 58.0 Å². The molecule has 0 saturated heterocycles. The largest absolute Gasteiger partial charge is 0.326 e. The molecule has 0 bridgehead atoms. The Hall–Kier alpha value is -2.02. The molecule has 1 aliphatic rings. The summed E-state index contributed by atoms with van der Waals surface area (Å²) in [5.41, 5.74) is 1.71. The molecule has 1 fully saturated rings. The molecule has 2 atom stereocenters. The van der Waals surface area contributed by atoms with Crippen LogP contribution < -0.4 is 10.6 Å². The molecule has 1 aliphatic carbocycles. The van der Waals surface area contributed by atoms with Crippen molar-refractivity contribution in [2.24, 2.45) is 5.92 Å². The van der Waals surface area contributed by atoms with E-state index in [4.69, 9.17) is 58.0 Å². The van der Waals surface area contributed by atoms with Crippen LogP contribution in [0.5, 0.6) is 0 Å². The lowest BCUT2D eigenvalue weighted by molar-refractivity contribution is -0.117. The molecule has 0 aromatic heterocycles. The Balaban J connectivity index is 1.52. The van der Waals surface area contributed by atoms with Crippen LogP contribution in [0.25, 0.3) is 0 Å². The number of amides is 2. The number of benzene rings is 3. The van der Waals surface area contributed by atoms with Crippen LogP contribution in [0, 0.1) is 18.7 Å². The average molecular weight is 561 g/mol. The van der Waals surface area contributed by atoms with Gasteiger partial charge in [0.25, 0.3) is 5.91 Å². The lowest BCUT2D eigenvalue weighted by Crippen LogP contribution is -2.18. The van der Waals surface area contributed by atoms with Crippen molar-refractivity contribution >= 4 is 81.2 Å². The van der Waals surface area contributed by atoms with Gasteiger partial charge >= 0.3 is 0 Å². The number of rotatable bonds is 5. The van der Waals surface area contributed by atoms with Gasteiger partial charge in [0.05, 0.1) is 22.2 Å². The highest BCUT2D eigenvalue weighted by Gasteiger charge is 2.67. The smallest absolute Gasteiger partial charge is 0.257 e. The van der Waals surface area contributed by atoms with E-state index in [-0.39, 0.29) is 16.3 Å². The van der Waals surface area contributed by atoms with Crippen LogP contribution in [-0.4, -0.2) is 16.1 Å². The van der Waals surface area contributed by atoms with E-state index in [1.165, 1.54) is 30.3 Å². The molecule has 3 aromatic rings. The molecule has 0 aliphatic heterocycles. The lowest BCUT2D eigenvalue weighted by atomic mass is 10.1. The van der Waals surface area contributed by atoms with E-state index in [1.54, 1.807) is 31.2 Å². The van der Waals surface area contributed by atoms with Crippen molar-refractivity contribution in [1.82, 2.24) is 0 Å². The van der Waals surface area contributed by atoms with E-state index >= 15 is 0 Å². The molecule has 4 nitrogen and oxygen atoms in total. The zero-order chi connectivity index (χ0) is 24.8. The Bertz CT molecular complexity index is 1290. The van der Waals surface area contributed by atoms with E-state index < -0.39 is 33.8 Å². The minimum absolute atomic E-state index is 0.0103. The SMILES string of the molecule is Cc1ccc(NC(=O)c2cc(NC(=O)C3C(c4cc(Cl)cc(Cl)c4)C3(Cl)Cl)ccc2Cl)c(F)c1. The molecule has 0 heterocycles. The fourth-order valence-electron chi connectivity index (χ4n) is 3.73. The fraction of sp³-hybridized carbons (Fsp3) is 0.167. The average Bonchev–Trinajstić information content (AvgIpc) is 3.33. The highest BCUT2D eigenvalue weighted by atomic mass is 35.5. The molecule has 34 heavy (non-hydrogen) atoms. The molecule has 1 saturated carbocycles. The lowest BCUT2D eigenvalue weighted by Gasteiger charge is -2.11. The van der Waals surface area contributed by atoms with Crippen molar-refractivity contribution in [3.05, 3.63) is 92.2 Å². The second kappa shape index (κ2) is 9.56. The first-order chi connectivity index (χ1) is 16.0. The molecule has 0 spiro atoms. The summed E-state index contributed by atoms with van der Waals surface area (Å²) >= 11 is 31.1. The first-order valence-electron chi connectivity index (χ1n) is 9.99. The number of aryl methyl sites for hydroxylation is 1. The number of carbonyl (C=O) groups is 2.